The summed E-state index contributed by atoms with van der Waals surface area (Å²) in [6, 6.07) is 14.1. The maximum Gasteiger partial charge on any atom is 0.256 e. The first-order valence-electron chi connectivity index (χ1n) is 13.2. The minimum absolute atomic E-state index is 0.126. The van der Waals surface area contributed by atoms with E-state index in [1.54, 1.807) is 6.07 Å². The van der Waals surface area contributed by atoms with E-state index in [1.165, 1.54) is 12.1 Å². The second kappa shape index (κ2) is 11.0. The average molecular weight is 501 g/mol. The van der Waals surface area contributed by atoms with Gasteiger partial charge < -0.3 is 15.3 Å². The van der Waals surface area contributed by atoms with Crippen molar-refractivity contribution in [1.29, 1.82) is 0 Å². The van der Waals surface area contributed by atoms with Gasteiger partial charge in [-0.15, -0.1) is 0 Å². The Balaban J connectivity index is 1.38. The minimum Gasteiger partial charge on any atom is -0.393 e. The standard InChI is InChI=1S/C31H33FN2O3/c1-20-17-22(18-26-25-19-23(32)10-11-27(25)33-31(26)37)30(21-7-3-2-4-8-21)29(20)28(36)9-5-6-14-34-15-12-24(35)13-16-34/h2-4,7-8,10-11,18-19,24,35H,5-6,9,12-17H2,1H3,(H,33,37)/b26-18-. The molecule has 0 saturated carbocycles. The molecule has 0 bridgehead atoms. The smallest absolute Gasteiger partial charge is 0.256 e. The number of Topliss-reactive ketones (excluding diaryl/α,β-unsaturated/α-hetero) is 1. The number of anilines is 1. The van der Waals surface area contributed by atoms with Crippen molar-refractivity contribution < 1.29 is 19.1 Å². The maximum absolute atomic E-state index is 14.0. The molecule has 1 aliphatic carbocycles. The van der Waals surface area contributed by atoms with E-state index in [0.29, 0.717) is 29.7 Å². The van der Waals surface area contributed by atoms with Gasteiger partial charge in [0.1, 0.15) is 5.82 Å². The molecule has 6 heteroatoms. The zero-order chi connectivity index (χ0) is 25.9. The summed E-state index contributed by atoms with van der Waals surface area (Å²) in [4.78, 5) is 28.7. The van der Waals surface area contributed by atoms with Crippen molar-refractivity contribution in [2.24, 2.45) is 0 Å². The molecular weight excluding hydrogens is 467 g/mol. The highest BCUT2D eigenvalue weighted by molar-refractivity contribution is 6.32. The normalized spacial score (nSPS) is 19.6. The maximum atomic E-state index is 14.0. The van der Waals surface area contributed by atoms with Gasteiger partial charge in [-0.05, 0) is 86.6 Å². The van der Waals surface area contributed by atoms with E-state index in [4.69, 9.17) is 0 Å². The predicted octanol–water partition coefficient (Wildman–Crippen LogP) is 5.53. The van der Waals surface area contributed by atoms with Crippen molar-refractivity contribution in [3.63, 3.8) is 0 Å². The first-order chi connectivity index (χ1) is 17.9. The van der Waals surface area contributed by atoms with Crippen LogP contribution in [-0.2, 0) is 9.59 Å². The Kier molecular flexibility index (Phi) is 7.49. The highest BCUT2D eigenvalue weighted by Crippen LogP contribution is 2.43. The number of piperidine rings is 1. The number of carbonyl (C=O) groups is 2. The van der Waals surface area contributed by atoms with Crippen molar-refractivity contribution >= 4 is 28.5 Å². The van der Waals surface area contributed by atoms with Crippen LogP contribution in [0, 0.1) is 5.82 Å². The lowest BCUT2D eigenvalue weighted by Gasteiger charge is -2.29. The van der Waals surface area contributed by atoms with Gasteiger partial charge in [0, 0.05) is 41.9 Å². The molecule has 192 valence electrons. The molecule has 2 N–H and O–H groups in total. The number of aliphatic hydroxyl groups excluding tert-OH is 1. The number of aliphatic hydroxyl groups is 1. The summed E-state index contributed by atoms with van der Waals surface area (Å²) >= 11 is 0. The molecule has 2 aliphatic heterocycles. The van der Waals surface area contributed by atoms with Crippen LogP contribution in [0.4, 0.5) is 10.1 Å². The minimum atomic E-state index is -0.393. The molecule has 2 heterocycles. The van der Waals surface area contributed by atoms with Crippen LogP contribution < -0.4 is 5.32 Å². The molecule has 1 saturated heterocycles. The van der Waals surface area contributed by atoms with Gasteiger partial charge in [0.2, 0.25) is 0 Å². The fraction of sp³-hybridized carbons (Fsp3) is 0.355. The Morgan fingerprint density at radius 1 is 1.14 bits per heavy atom. The molecule has 2 aromatic rings. The summed E-state index contributed by atoms with van der Waals surface area (Å²) in [6.07, 6.45) is 6.09. The van der Waals surface area contributed by atoms with Gasteiger partial charge in [-0.3, -0.25) is 9.59 Å². The number of hydrogen-bond donors (Lipinski definition) is 2. The molecule has 0 aromatic heterocycles. The van der Waals surface area contributed by atoms with Crippen LogP contribution in [0.15, 0.2) is 71.3 Å². The van der Waals surface area contributed by atoms with Gasteiger partial charge in [-0.1, -0.05) is 35.9 Å². The second-order valence-electron chi connectivity index (χ2n) is 10.3. The average Bonchev–Trinajstić information content (AvgIpc) is 3.39. The van der Waals surface area contributed by atoms with E-state index in [-0.39, 0.29) is 17.8 Å². The number of unbranched alkanes of at least 4 members (excludes halogenated alkanes) is 1. The number of carbonyl (C=O) groups excluding carboxylic acids is 2. The summed E-state index contributed by atoms with van der Waals surface area (Å²) < 4.78 is 14.0. The number of likely N-dealkylation sites (tertiary alicyclic amines) is 1. The quantitative estimate of drug-likeness (QED) is 0.369. The van der Waals surface area contributed by atoms with Crippen molar-refractivity contribution in [2.75, 3.05) is 25.0 Å². The van der Waals surface area contributed by atoms with Crippen molar-refractivity contribution in [3.8, 4) is 0 Å². The number of hydrogen-bond acceptors (Lipinski definition) is 4. The summed E-state index contributed by atoms with van der Waals surface area (Å²) in [6.45, 7) is 4.77. The fourth-order valence-corrected chi connectivity index (χ4v) is 5.64. The molecule has 0 spiro atoms. The van der Waals surface area contributed by atoms with Crippen LogP contribution in [0.5, 0.6) is 0 Å². The third kappa shape index (κ3) is 5.50. The van der Waals surface area contributed by atoms with Gasteiger partial charge in [-0.25, -0.2) is 4.39 Å². The first-order valence-corrected chi connectivity index (χ1v) is 13.2. The Bertz CT molecular complexity index is 1300. The molecular formula is C31H33FN2O3. The monoisotopic (exact) mass is 500 g/mol. The number of rotatable bonds is 8. The van der Waals surface area contributed by atoms with E-state index in [0.717, 1.165) is 73.2 Å². The van der Waals surface area contributed by atoms with E-state index < -0.39 is 5.82 Å². The molecule has 3 aliphatic rings. The van der Waals surface area contributed by atoms with Crippen LogP contribution in [-0.4, -0.2) is 47.4 Å². The predicted molar refractivity (Wildman–Crippen MR) is 144 cm³/mol. The number of nitrogens with zero attached hydrogens (tertiary/aromatic N) is 1. The van der Waals surface area contributed by atoms with E-state index in [9.17, 15) is 19.1 Å². The molecule has 5 rings (SSSR count). The van der Waals surface area contributed by atoms with Crippen LogP contribution in [0.3, 0.4) is 0 Å². The molecule has 1 amide bonds. The molecule has 37 heavy (non-hydrogen) atoms. The number of nitrogens with one attached hydrogen (secondary N) is 1. The summed E-state index contributed by atoms with van der Waals surface area (Å²) in [5.41, 5.74) is 6.04. The van der Waals surface area contributed by atoms with Crippen LogP contribution in [0.25, 0.3) is 11.1 Å². The van der Waals surface area contributed by atoms with E-state index in [2.05, 4.69) is 10.2 Å². The molecule has 0 radical (unpaired) electrons. The van der Waals surface area contributed by atoms with Gasteiger partial charge >= 0.3 is 0 Å². The largest absolute Gasteiger partial charge is 0.393 e. The number of allylic oxidation sites excluding steroid dienone is 5. The number of fused-ring (bicyclic) bond motifs is 1. The highest BCUT2D eigenvalue weighted by Gasteiger charge is 2.30. The fourth-order valence-electron chi connectivity index (χ4n) is 5.64. The summed E-state index contributed by atoms with van der Waals surface area (Å²) in [5, 5.41) is 12.5. The van der Waals surface area contributed by atoms with Crippen LogP contribution in [0.1, 0.15) is 56.6 Å². The summed E-state index contributed by atoms with van der Waals surface area (Å²) in [7, 11) is 0. The molecule has 0 unspecified atom stereocenters. The van der Waals surface area contributed by atoms with Crippen LogP contribution >= 0.6 is 0 Å². The van der Waals surface area contributed by atoms with Crippen molar-refractivity contribution in [1.82, 2.24) is 4.90 Å². The molecule has 5 nitrogen and oxygen atoms in total. The second-order valence-corrected chi connectivity index (χ2v) is 10.3. The van der Waals surface area contributed by atoms with Crippen LogP contribution in [0.2, 0.25) is 0 Å². The van der Waals surface area contributed by atoms with E-state index in [1.807, 2.05) is 43.3 Å². The number of halogens is 1. The number of benzene rings is 2. The van der Waals surface area contributed by atoms with Gasteiger partial charge in [0.15, 0.2) is 5.78 Å². The third-order valence-corrected chi connectivity index (χ3v) is 7.56. The van der Waals surface area contributed by atoms with E-state index >= 15 is 0 Å². The Morgan fingerprint density at radius 2 is 1.89 bits per heavy atom. The zero-order valence-corrected chi connectivity index (χ0v) is 21.2. The third-order valence-electron chi connectivity index (χ3n) is 7.56. The highest BCUT2D eigenvalue weighted by atomic mass is 19.1. The Labute approximate surface area is 217 Å². The lowest BCUT2D eigenvalue weighted by Crippen LogP contribution is -2.36. The Morgan fingerprint density at radius 3 is 2.65 bits per heavy atom. The van der Waals surface area contributed by atoms with Gasteiger partial charge in [0.05, 0.1) is 6.10 Å². The number of amides is 1. The van der Waals surface area contributed by atoms with Crippen molar-refractivity contribution in [2.45, 2.75) is 51.6 Å². The lowest BCUT2D eigenvalue weighted by atomic mass is 9.91. The molecule has 2 aromatic carbocycles. The SMILES string of the molecule is CC1=C(C(=O)CCCCN2CCC(O)CC2)C(c2ccccc2)=C(/C=C2\C(=O)Nc3ccc(F)cc32)C1. The molecule has 0 atom stereocenters. The Hall–Kier alpha value is -3.35. The van der Waals surface area contributed by atoms with Gasteiger partial charge in [0.25, 0.3) is 5.91 Å². The first kappa shape index (κ1) is 25.3. The zero-order valence-electron chi connectivity index (χ0n) is 21.2. The number of ketones is 1. The van der Waals surface area contributed by atoms with Gasteiger partial charge in [-0.2, -0.15) is 0 Å². The van der Waals surface area contributed by atoms with Crippen molar-refractivity contribution in [3.05, 3.63) is 88.3 Å². The lowest BCUT2D eigenvalue weighted by molar-refractivity contribution is -0.115. The summed E-state index contributed by atoms with van der Waals surface area (Å²) in [5.74, 6) is -0.528. The topological polar surface area (TPSA) is 69.6 Å². The molecule has 1 fully saturated rings.